The summed E-state index contributed by atoms with van der Waals surface area (Å²) in [6.07, 6.45) is 19.7. The smallest absolute Gasteiger partial charge is 0.504 e. The van der Waals surface area contributed by atoms with Crippen LogP contribution in [0.25, 0.3) is 22.6 Å². The molecule has 0 amide bonds. The van der Waals surface area contributed by atoms with Crippen molar-refractivity contribution in [1.82, 2.24) is 4.98 Å². The van der Waals surface area contributed by atoms with Gasteiger partial charge in [0.25, 0.3) is 0 Å². The first-order valence-electron chi connectivity index (χ1n) is 15.9. The molecule has 5 nitrogen and oxygen atoms in total. The lowest BCUT2D eigenvalue weighted by atomic mass is 10.1. The molecule has 3 rings (SSSR count). The van der Waals surface area contributed by atoms with Crippen LogP contribution in [0.15, 0.2) is 40.8 Å². The Bertz CT molecular complexity index is 1120. The van der Waals surface area contributed by atoms with Crippen molar-refractivity contribution in [1.29, 1.82) is 0 Å². The number of benzene rings is 2. The molecular formula is C33H48BF2NO4. The van der Waals surface area contributed by atoms with Gasteiger partial charge in [0.05, 0.1) is 18.8 Å². The molecule has 226 valence electrons. The van der Waals surface area contributed by atoms with Crippen molar-refractivity contribution in [2.24, 2.45) is 0 Å². The average Bonchev–Trinajstić information content (AvgIpc) is 3.38. The van der Waals surface area contributed by atoms with Crippen LogP contribution in [0, 0.1) is 0 Å². The lowest BCUT2D eigenvalue weighted by Gasteiger charge is -2.11. The number of oxazole rings is 1. The summed E-state index contributed by atoms with van der Waals surface area (Å²) in [6.45, 7) is 5.62. The van der Waals surface area contributed by atoms with Crippen LogP contribution in [0.3, 0.4) is 0 Å². The Morgan fingerprint density at radius 3 is 1.73 bits per heavy atom. The number of hydrogen-bond donors (Lipinski definition) is 0. The summed E-state index contributed by atoms with van der Waals surface area (Å²) in [7, 11) is -2.97. The number of unbranched alkanes of at least 4 members (excludes halogenated alkanes) is 14. The molecule has 0 bridgehead atoms. The monoisotopic (exact) mass is 571 g/mol. The highest BCUT2D eigenvalue weighted by molar-refractivity contribution is 6.35. The van der Waals surface area contributed by atoms with Gasteiger partial charge < -0.3 is 18.5 Å². The minimum Gasteiger partial charge on any atom is -0.504 e. The Morgan fingerprint density at radius 2 is 1.17 bits per heavy atom. The fourth-order valence-electron chi connectivity index (χ4n) is 4.92. The number of ether oxygens (including phenoxy) is 2. The van der Waals surface area contributed by atoms with Gasteiger partial charge in [0.15, 0.2) is 5.58 Å². The van der Waals surface area contributed by atoms with E-state index >= 15 is 0 Å². The summed E-state index contributed by atoms with van der Waals surface area (Å²) in [5, 5.41) is 0. The van der Waals surface area contributed by atoms with E-state index in [0.29, 0.717) is 41.4 Å². The molecule has 1 aromatic heterocycles. The third-order valence-corrected chi connectivity index (χ3v) is 7.29. The van der Waals surface area contributed by atoms with Gasteiger partial charge in [-0.15, -0.1) is 0 Å². The van der Waals surface area contributed by atoms with Crippen molar-refractivity contribution in [2.45, 2.75) is 117 Å². The summed E-state index contributed by atoms with van der Waals surface area (Å²) in [5.74, 6) is 1.38. The van der Waals surface area contributed by atoms with E-state index in [-0.39, 0.29) is 11.6 Å². The molecular weight excluding hydrogens is 523 g/mol. The Labute approximate surface area is 245 Å². The second-order valence-corrected chi connectivity index (χ2v) is 10.8. The van der Waals surface area contributed by atoms with Gasteiger partial charge in [-0.2, -0.15) is 0 Å². The van der Waals surface area contributed by atoms with Gasteiger partial charge in [0, 0.05) is 12.1 Å². The molecule has 0 radical (unpaired) electrons. The van der Waals surface area contributed by atoms with Gasteiger partial charge in [-0.25, -0.2) is 13.6 Å². The van der Waals surface area contributed by atoms with E-state index in [1.54, 1.807) is 18.2 Å². The summed E-state index contributed by atoms with van der Waals surface area (Å²) < 4.78 is 48.9. The minimum absolute atomic E-state index is 0.0237. The van der Waals surface area contributed by atoms with Crippen molar-refractivity contribution >= 4 is 18.6 Å². The van der Waals surface area contributed by atoms with Crippen molar-refractivity contribution < 1.29 is 27.2 Å². The molecule has 0 saturated carbocycles. The second-order valence-electron chi connectivity index (χ2n) is 10.8. The van der Waals surface area contributed by atoms with E-state index in [1.807, 2.05) is 12.1 Å². The highest BCUT2D eigenvalue weighted by Crippen LogP contribution is 2.36. The van der Waals surface area contributed by atoms with Gasteiger partial charge >= 0.3 is 7.47 Å². The summed E-state index contributed by atoms with van der Waals surface area (Å²) >= 11 is 0. The predicted molar refractivity (Wildman–Crippen MR) is 164 cm³/mol. The third-order valence-electron chi connectivity index (χ3n) is 7.29. The molecule has 3 aromatic rings. The highest BCUT2D eigenvalue weighted by atomic mass is 19.2. The van der Waals surface area contributed by atoms with E-state index in [9.17, 15) is 8.63 Å². The molecule has 8 heteroatoms. The molecule has 41 heavy (non-hydrogen) atoms. The van der Waals surface area contributed by atoms with Crippen molar-refractivity contribution in [3.8, 4) is 28.7 Å². The zero-order valence-electron chi connectivity index (χ0n) is 25.1. The average molecular weight is 572 g/mol. The maximum atomic E-state index is 13.2. The molecule has 2 aromatic carbocycles. The van der Waals surface area contributed by atoms with E-state index in [0.717, 1.165) is 25.7 Å². The first-order valence-corrected chi connectivity index (χ1v) is 15.9. The minimum atomic E-state index is -2.97. The van der Waals surface area contributed by atoms with Gasteiger partial charge in [0.2, 0.25) is 5.89 Å². The van der Waals surface area contributed by atoms with Gasteiger partial charge in [-0.05, 0) is 37.1 Å². The fraction of sp³-hybridized carbons (Fsp3) is 0.606. The third kappa shape index (κ3) is 12.3. The van der Waals surface area contributed by atoms with Crippen LogP contribution in [-0.4, -0.2) is 25.7 Å². The SMILES string of the molecule is CCCCCCCCCCCCOc1ccc2nc(-c3ccc(OCCCCCCCC)cc3OB(F)F)oc2c1. The molecule has 0 spiro atoms. The first kappa shape index (κ1) is 32.7. The largest absolute Gasteiger partial charge is 0.796 e. The first-order chi connectivity index (χ1) is 20.1. The van der Waals surface area contributed by atoms with Crippen molar-refractivity contribution in [3.05, 3.63) is 36.4 Å². The molecule has 0 N–H and O–H groups in total. The maximum absolute atomic E-state index is 13.2. The Hall–Kier alpha value is -2.77. The predicted octanol–water partition coefficient (Wildman–Crippen LogP) is 10.8. The van der Waals surface area contributed by atoms with Crippen LogP contribution in [0.2, 0.25) is 0 Å². The Balaban J connectivity index is 1.49. The molecule has 1 heterocycles. The second kappa shape index (κ2) is 19.4. The number of fused-ring (bicyclic) bond motifs is 1. The van der Waals surface area contributed by atoms with Gasteiger partial charge in [-0.3, -0.25) is 0 Å². The fourth-order valence-corrected chi connectivity index (χ4v) is 4.92. The standard InChI is InChI=1S/C33H48BF2NO4/c1-3-5-7-9-11-12-13-14-16-18-24-39-28-20-22-30-32(26-28)40-33(37-30)29-21-19-27(25-31(29)41-34(35)36)38-23-17-15-10-8-6-4-2/h19-22,25-26H,3-18,23-24H2,1-2H3. The van der Waals surface area contributed by atoms with Crippen LogP contribution in [0.5, 0.6) is 17.2 Å². The Kier molecular flexibility index (Phi) is 15.5. The van der Waals surface area contributed by atoms with Crippen LogP contribution >= 0.6 is 0 Å². The highest BCUT2D eigenvalue weighted by Gasteiger charge is 2.23. The van der Waals surface area contributed by atoms with Crippen LogP contribution < -0.4 is 14.1 Å². The van der Waals surface area contributed by atoms with E-state index < -0.39 is 7.47 Å². The molecule has 0 saturated heterocycles. The summed E-state index contributed by atoms with van der Waals surface area (Å²) in [5.41, 5.74) is 1.51. The van der Waals surface area contributed by atoms with Crippen molar-refractivity contribution in [3.63, 3.8) is 0 Å². The number of rotatable bonds is 23. The van der Waals surface area contributed by atoms with Crippen LogP contribution in [-0.2, 0) is 0 Å². The molecule has 0 aliphatic carbocycles. The molecule has 0 aliphatic heterocycles. The van der Waals surface area contributed by atoms with Crippen LogP contribution in [0.4, 0.5) is 8.63 Å². The number of hydrogen-bond acceptors (Lipinski definition) is 5. The van der Waals surface area contributed by atoms with Gasteiger partial charge in [0.1, 0.15) is 22.8 Å². The maximum Gasteiger partial charge on any atom is 0.796 e. The zero-order chi connectivity index (χ0) is 29.1. The van der Waals surface area contributed by atoms with E-state index in [4.69, 9.17) is 18.5 Å². The van der Waals surface area contributed by atoms with E-state index in [1.165, 1.54) is 83.1 Å². The topological polar surface area (TPSA) is 53.7 Å². The van der Waals surface area contributed by atoms with E-state index in [2.05, 4.69) is 18.8 Å². The van der Waals surface area contributed by atoms with Crippen LogP contribution in [0.1, 0.15) is 117 Å². The number of nitrogens with zero attached hydrogens (tertiary/aromatic N) is 1. The molecule has 0 atom stereocenters. The molecule has 0 unspecified atom stereocenters. The van der Waals surface area contributed by atoms with Crippen molar-refractivity contribution in [2.75, 3.05) is 13.2 Å². The molecule has 0 fully saturated rings. The number of halogens is 2. The quantitative estimate of drug-likeness (QED) is 0.0837. The zero-order valence-corrected chi connectivity index (χ0v) is 25.1. The molecule has 0 aliphatic rings. The normalized spacial score (nSPS) is 11.2. The summed E-state index contributed by atoms with van der Waals surface area (Å²) in [4.78, 5) is 4.51. The number of aromatic nitrogens is 1. The van der Waals surface area contributed by atoms with Gasteiger partial charge in [-0.1, -0.05) is 104 Å². The lowest BCUT2D eigenvalue weighted by molar-refractivity contribution is 0.303. The lowest BCUT2D eigenvalue weighted by Crippen LogP contribution is -2.09. The Morgan fingerprint density at radius 1 is 0.659 bits per heavy atom. The summed E-state index contributed by atoms with van der Waals surface area (Å²) in [6, 6.07) is 10.4.